The maximum absolute atomic E-state index is 11.5. The maximum Gasteiger partial charge on any atom is 0.187 e. The number of benzene rings is 1. The lowest BCUT2D eigenvalue weighted by Gasteiger charge is -2.51. The Bertz CT molecular complexity index is 1700. The van der Waals surface area contributed by atoms with E-state index in [9.17, 15) is 30.6 Å². The van der Waals surface area contributed by atoms with E-state index < -0.39 is 173 Å². The summed E-state index contributed by atoms with van der Waals surface area (Å²) in [4.78, 5) is 0. The van der Waals surface area contributed by atoms with E-state index in [1.807, 2.05) is 18.2 Å². The van der Waals surface area contributed by atoms with E-state index in [2.05, 4.69) is 0 Å². The van der Waals surface area contributed by atoms with Gasteiger partial charge < -0.3 is 121 Å². The van der Waals surface area contributed by atoms with Crippen LogP contribution in [0.25, 0.3) is 0 Å². The highest BCUT2D eigenvalue weighted by molar-refractivity contribution is 5.17. The predicted octanol–water partition coefficient (Wildman–Crippen LogP) is -3.54. The molecule has 0 amide bonds. The number of aliphatic hydroxyl groups is 6. The molecular formula is C44H68O25. The Morgan fingerprint density at radius 1 is 0.449 bits per heavy atom. The van der Waals surface area contributed by atoms with E-state index in [1.54, 1.807) is 19.2 Å². The van der Waals surface area contributed by atoms with Gasteiger partial charge >= 0.3 is 0 Å². The summed E-state index contributed by atoms with van der Waals surface area (Å²) in [6, 6.07) is 9.04. The van der Waals surface area contributed by atoms with Gasteiger partial charge in [-0.2, -0.15) is 0 Å². The summed E-state index contributed by atoms with van der Waals surface area (Å²) in [6.45, 7) is -1.26. The molecule has 8 rings (SSSR count). The Morgan fingerprint density at radius 3 is 1.55 bits per heavy atom. The summed E-state index contributed by atoms with van der Waals surface area (Å²) < 4.78 is 115. The molecule has 1 aromatic carbocycles. The highest BCUT2D eigenvalue weighted by atomic mass is 16.8. The van der Waals surface area contributed by atoms with Gasteiger partial charge in [0.25, 0.3) is 0 Å². The van der Waals surface area contributed by atoms with Crippen LogP contribution in [0.5, 0.6) is 0 Å². The van der Waals surface area contributed by atoms with E-state index >= 15 is 0 Å². The lowest BCUT2D eigenvalue weighted by molar-refractivity contribution is -0.400. The van der Waals surface area contributed by atoms with Gasteiger partial charge in [-0.3, -0.25) is 0 Å². The number of hydrogen-bond acceptors (Lipinski definition) is 25. The van der Waals surface area contributed by atoms with Crippen molar-refractivity contribution in [1.29, 1.82) is 0 Å². The summed E-state index contributed by atoms with van der Waals surface area (Å²) in [6.07, 6.45) is -29.6. The highest BCUT2D eigenvalue weighted by Gasteiger charge is 2.59. The van der Waals surface area contributed by atoms with Crippen LogP contribution >= 0.6 is 0 Å². The number of hydrogen-bond donors (Lipinski definition) is 6. The lowest BCUT2D eigenvalue weighted by Crippen LogP contribution is -2.68. The molecule has 1 aromatic rings. The molecule has 7 heterocycles. The second-order valence-electron chi connectivity index (χ2n) is 17.6. The Hall–Kier alpha value is -1.78. The van der Waals surface area contributed by atoms with Crippen LogP contribution < -0.4 is 0 Å². The van der Waals surface area contributed by atoms with Crippen molar-refractivity contribution in [2.75, 3.05) is 82.8 Å². The smallest absolute Gasteiger partial charge is 0.187 e. The van der Waals surface area contributed by atoms with Crippen LogP contribution in [0, 0.1) is 0 Å². The van der Waals surface area contributed by atoms with Crippen LogP contribution in [-0.4, -0.2) is 267 Å². The molecule has 7 saturated heterocycles. The third-order valence-corrected chi connectivity index (χ3v) is 13.7. The van der Waals surface area contributed by atoms with Crippen LogP contribution in [0.1, 0.15) is 11.9 Å². The Labute approximate surface area is 398 Å². The zero-order valence-corrected chi connectivity index (χ0v) is 39.4. The second kappa shape index (κ2) is 24.1. The predicted molar refractivity (Wildman–Crippen MR) is 224 cm³/mol. The number of rotatable bonds is 19. The van der Waals surface area contributed by atoms with Gasteiger partial charge in [0.15, 0.2) is 37.7 Å². The zero-order valence-electron chi connectivity index (χ0n) is 39.4. The molecule has 25 nitrogen and oxygen atoms in total. The largest absolute Gasteiger partial charge is 0.394 e. The normalized spacial score (nSPS) is 48.0. The Balaban J connectivity index is 0.932. The molecule has 7 fully saturated rings. The third kappa shape index (κ3) is 10.8. The molecule has 69 heavy (non-hydrogen) atoms. The van der Waals surface area contributed by atoms with Crippen molar-refractivity contribution in [2.45, 2.75) is 160 Å². The van der Waals surface area contributed by atoms with Crippen LogP contribution in [0.2, 0.25) is 0 Å². The third-order valence-electron chi connectivity index (χ3n) is 13.7. The van der Waals surface area contributed by atoms with Gasteiger partial charge in [0.2, 0.25) is 0 Å². The molecule has 0 aromatic heterocycles. The molecule has 6 N–H and O–H groups in total. The summed E-state index contributed by atoms with van der Waals surface area (Å²) in [5.41, 5.74) is 0.701. The molecule has 394 valence electrons. The molecule has 26 atom stereocenters. The van der Waals surface area contributed by atoms with E-state index in [-0.39, 0.29) is 19.8 Å². The van der Waals surface area contributed by atoms with Crippen LogP contribution in [0.4, 0.5) is 0 Å². The van der Waals surface area contributed by atoms with Crippen LogP contribution in [0.3, 0.4) is 0 Å². The van der Waals surface area contributed by atoms with Crippen LogP contribution in [-0.2, 0) is 90.0 Å². The number of methoxy groups -OCH3 is 7. The molecular weight excluding hydrogens is 928 g/mol. The molecule has 7 aliphatic rings. The number of ether oxygens (including phenoxy) is 19. The molecule has 25 heteroatoms. The first-order valence-electron chi connectivity index (χ1n) is 22.9. The highest BCUT2D eigenvalue weighted by Crippen LogP contribution is 2.40. The Morgan fingerprint density at radius 2 is 0.942 bits per heavy atom. The molecule has 0 aliphatic carbocycles. The van der Waals surface area contributed by atoms with Gasteiger partial charge in [-0.1, -0.05) is 30.3 Å². The van der Waals surface area contributed by atoms with Gasteiger partial charge in [-0.05, 0) is 0 Å². The minimum atomic E-state index is -1.86. The average molecular weight is 997 g/mol. The van der Waals surface area contributed by atoms with Crippen molar-refractivity contribution in [1.82, 2.24) is 0 Å². The minimum absolute atomic E-state index is 0.0142. The molecule has 0 radical (unpaired) electrons. The van der Waals surface area contributed by atoms with E-state index in [0.29, 0.717) is 5.56 Å². The molecule has 0 spiro atoms. The second-order valence-corrected chi connectivity index (χ2v) is 17.6. The van der Waals surface area contributed by atoms with Crippen molar-refractivity contribution in [3.8, 4) is 0 Å². The summed E-state index contributed by atoms with van der Waals surface area (Å²) in [5.74, 6) is 0. The van der Waals surface area contributed by atoms with Crippen molar-refractivity contribution in [3.05, 3.63) is 35.9 Å². The van der Waals surface area contributed by atoms with Gasteiger partial charge in [0, 0.05) is 55.3 Å². The first kappa shape index (κ1) is 53.5. The van der Waals surface area contributed by atoms with Crippen molar-refractivity contribution in [2.24, 2.45) is 0 Å². The van der Waals surface area contributed by atoms with Gasteiger partial charge in [0.1, 0.15) is 122 Å². The fraction of sp³-hybridized carbons (Fsp3) is 0.864. The molecule has 7 aliphatic heterocycles. The van der Waals surface area contributed by atoms with Crippen molar-refractivity contribution in [3.63, 3.8) is 0 Å². The molecule has 0 saturated carbocycles. The van der Waals surface area contributed by atoms with Gasteiger partial charge in [0.05, 0.1) is 33.0 Å². The van der Waals surface area contributed by atoms with Gasteiger partial charge in [-0.15, -0.1) is 0 Å². The van der Waals surface area contributed by atoms with E-state index in [4.69, 9.17) is 90.0 Å². The standard InChI is InChI=1S/C44H68O25/c1-51-15-21-31(35(54-4)38(57-7)44(64-21)69-32-23-17-59-42(63-23)36(55-5)34(32)53-3)68-43-37(56-6)33(52-2)30(20(14-46)61-43)67-40-26(49)24(47)28(19(13-45)60-40)66-41-27(50)25(48)29-22(62-41)16-58-39(65-29)18-11-9-8-10-12-18/h8-12,19-50H,13-17H2,1-7H3/t19-,20?,21?,22-,23-,24?,25?,26?,27?,28+,29+,30+,31+,32+,33?,34?,35?,36-,37-,38-,39?,40-,41+,42+,43-,44-/m0/s1. The fourth-order valence-electron chi connectivity index (χ4n) is 10.2. The average Bonchev–Trinajstić information content (AvgIpc) is 3.81. The topological polar surface area (TPSA) is 297 Å². The maximum atomic E-state index is 11.5. The molecule has 10 unspecified atom stereocenters. The minimum Gasteiger partial charge on any atom is -0.394 e. The molecule has 2 bridgehead atoms. The van der Waals surface area contributed by atoms with E-state index in [1.165, 1.54) is 42.7 Å². The van der Waals surface area contributed by atoms with E-state index in [0.717, 1.165) is 0 Å². The van der Waals surface area contributed by atoms with Crippen molar-refractivity contribution >= 4 is 0 Å². The zero-order chi connectivity index (χ0) is 49.1. The lowest BCUT2D eigenvalue weighted by atomic mass is 9.95. The van der Waals surface area contributed by atoms with Crippen molar-refractivity contribution < 1.29 is 121 Å². The number of aliphatic hydroxyl groups excluding tert-OH is 6. The Kier molecular flexibility index (Phi) is 18.7. The monoisotopic (exact) mass is 996 g/mol. The SMILES string of the molecule is COCC1O[C@@H](O[C@H]2C(OC)[C@H](OC)[C@@H]3OC[C@@H]2O3)[C@@H](OC)C(OC)[C@@H]1O[C@@H]1OC(CO)[C@@H](O[C@@H]2O[C@@H](CO)[C@@H](O[C@H]3O[C@H]4COC(c5ccccc5)O[C@H]4C(O)C3O)C(O)C2O)C(OC)[C@@H]1OC. The summed E-state index contributed by atoms with van der Waals surface area (Å²) in [5, 5.41) is 66.5. The fourth-order valence-corrected chi connectivity index (χ4v) is 10.2. The van der Waals surface area contributed by atoms with Crippen LogP contribution in [0.15, 0.2) is 30.3 Å². The quantitative estimate of drug-likeness (QED) is 0.0783. The summed E-state index contributed by atoms with van der Waals surface area (Å²) >= 11 is 0. The number of fused-ring (bicyclic) bond motifs is 3. The first-order chi connectivity index (χ1) is 33.5. The van der Waals surface area contributed by atoms with Gasteiger partial charge in [-0.25, -0.2) is 0 Å². The summed E-state index contributed by atoms with van der Waals surface area (Å²) in [7, 11) is 10.2. The first-order valence-corrected chi connectivity index (χ1v) is 22.9.